The van der Waals surface area contributed by atoms with Gasteiger partial charge in [0.1, 0.15) is 11.9 Å². The van der Waals surface area contributed by atoms with Crippen molar-refractivity contribution in [2.24, 2.45) is 46.2 Å². The topological polar surface area (TPSA) is 64.3 Å². The first-order valence-electron chi connectivity index (χ1n) is 19.9. The molecule has 6 heteroatoms. The van der Waals surface area contributed by atoms with Crippen LogP contribution in [0.1, 0.15) is 156 Å². The van der Waals surface area contributed by atoms with Crippen molar-refractivity contribution in [3.8, 4) is 0 Å². The molecule has 47 heavy (non-hydrogen) atoms. The molecule has 0 bridgehead atoms. The fourth-order valence-corrected chi connectivity index (χ4v) is 12.1. The van der Waals surface area contributed by atoms with Crippen LogP contribution in [-0.4, -0.2) is 36.7 Å². The van der Waals surface area contributed by atoms with Gasteiger partial charge in [0, 0.05) is 24.4 Å². The van der Waals surface area contributed by atoms with Gasteiger partial charge >= 0.3 is 5.97 Å². The molecular formula is C41H72N2O2S2. The molecule has 7 atom stereocenters. The van der Waals surface area contributed by atoms with Gasteiger partial charge in [-0.05, 0) is 111 Å². The van der Waals surface area contributed by atoms with E-state index in [1.807, 2.05) is 0 Å². The molecule has 0 aromatic rings. The summed E-state index contributed by atoms with van der Waals surface area (Å²) in [6.07, 6.45) is 28.8. The number of nitrogens with two attached hydrogens (primary N) is 1. The third kappa shape index (κ3) is 11.2. The first-order valence-corrected chi connectivity index (χ1v) is 22.4. The maximum Gasteiger partial charge on any atom is 0.317 e. The summed E-state index contributed by atoms with van der Waals surface area (Å²) in [5.74, 6) is 5.58. The number of hydrogen-bond acceptors (Lipinski definition) is 6. The summed E-state index contributed by atoms with van der Waals surface area (Å²) in [6, 6.07) is 0. The van der Waals surface area contributed by atoms with Crippen LogP contribution in [0.5, 0.6) is 0 Å². The highest BCUT2D eigenvalue weighted by Gasteiger charge is 2.58. The lowest BCUT2D eigenvalue weighted by molar-refractivity contribution is -0.148. The van der Waals surface area contributed by atoms with Crippen molar-refractivity contribution in [3.63, 3.8) is 0 Å². The van der Waals surface area contributed by atoms with E-state index in [4.69, 9.17) is 10.5 Å². The SMILES string of the molecule is C=C(CSSCC(=O)OC1CCC2(C)C(=CCC3C2CCC2(C)C(CCCCC(C)C)CCC32)C1)NCCCCCCCCCCN. The Kier molecular flexibility index (Phi) is 16.4. The van der Waals surface area contributed by atoms with Crippen molar-refractivity contribution in [3.05, 3.63) is 23.9 Å². The van der Waals surface area contributed by atoms with Gasteiger partial charge in [0.05, 0.1) is 0 Å². The molecule has 0 heterocycles. The molecule has 0 amide bonds. The van der Waals surface area contributed by atoms with Crippen LogP contribution < -0.4 is 11.1 Å². The van der Waals surface area contributed by atoms with Gasteiger partial charge in [0.15, 0.2) is 0 Å². The molecule has 0 spiro atoms. The minimum absolute atomic E-state index is 0.0502. The van der Waals surface area contributed by atoms with E-state index >= 15 is 0 Å². The summed E-state index contributed by atoms with van der Waals surface area (Å²) in [5, 5.41) is 3.47. The summed E-state index contributed by atoms with van der Waals surface area (Å²) in [7, 11) is 3.32. The summed E-state index contributed by atoms with van der Waals surface area (Å²) >= 11 is 0. The quantitative estimate of drug-likeness (QED) is 0.0511. The molecule has 4 nitrogen and oxygen atoms in total. The van der Waals surface area contributed by atoms with Crippen molar-refractivity contribution >= 4 is 27.6 Å². The number of carbonyl (C=O) groups is 1. The zero-order chi connectivity index (χ0) is 33.7. The third-order valence-electron chi connectivity index (χ3n) is 13.1. The Balaban J connectivity index is 1.10. The zero-order valence-corrected chi connectivity index (χ0v) is 32.6. The van der Waals surface area contributed by atoms with E-state index in [0.717, 1.165) is 67.0 Å². The number of rotatable bonds is 22. The minimum Gasteiger partial charge on any atom is -0.461 e. The van der Waals surface area contributed by atoms with E-state index in [1.54, 1.807) is 27.2 Å². The highest BCUT2D eigenvalue weighted by Crippen LogP contribution is 2.66. The first kappa shape index (κ1) is 39.2. The Morgan fingerprint density at radius 3 is 2.40 bits per heavy atom. The van der Waals surface area contributed by atoms with Gasteiger partial charge in [-0.2, -0.15) is 0 Å². The Bertz CT molecular complexity index is 1000. The van der Waals surface area contributed by atoms with Crippen LogP contribution in [0.15, 0.2) is 23.9 Å². The fraction of sp³-hybridized carbons (Fsp3) is 0.878. The molecule has 0 saturated heterocycles. The minimum atomic E-state index is -0.0502. The van der Waals surface area contributed by atoms with Crippen LogP contribution in [0.3, 0.4) is 0 Å². The Labute approximate surface area is 298 Å². The summed E-state index contributed by atoms with van der Waals surface area (Å²) < 4.78 is 6.07. The zero-order valence-electron chi connectivity index (χ0n) is 30.9. The molecule has 0 aromatic heterocycles. The van der Waals surface area contributed by atoms with Crippen molar-refractivity contribution in [1.29, 1.82) is 0 Å². The van der Waals surface area contributed by atoms with Gasteiger partial charge in [-0.3, -0.25) is 4.79 Å². The van der Waals surface area contributed by atoms with Crippen LogP contribution in [0.4, 0.5) is 0 Å². The fourth-order valence-electron chi connectivity index (χ4n) is 10.3. The van der Waals surface area contributed by atoms with Crippen molar-refractivity contribution < 1.29 is 9.53 Å². The molecule has 3 saturated carbocycles. The maximum absolute atomic E-state index is 12.8. The van der Waals surface area contributed by atoms with Crippen LogP contribution >= 0.6 is 21.6 Å². The molecule has 4 aliphatic carbocycles. The van der Waals surface area contributed by atoms with Crippen LogP contribution in [0.2, 0.25) is 0 Å². The summed E-state index contributed by atoms with van der Waals surface area (Å²) in [6.45, 7) is 16.0. The number of ether oxygens (including phenoxy) is 1. The molecular weight excluding hydrogens is 617 g/mol. The monoisotopic (exact) mass is 689 g/mol. The van der Waals surface area contributed by atoms with Crippen LogP contribution in [0, 0.1) is 40.4 Å². The van der Waals surface area contributed by atoms with Gasteiger partial charge in [-0.25, -0.2) is 0 Å². The number of hydrogen-bond donors (Lipinski definition) is 2. The molecule has 4 aliphatic rings. The second-order valence-electron chi connectivity index (χ2n) is 16.8. The van der Waals surface area contributed by atoms with E-state index in [-0.39, 0.29) is 12.1 Å². The molecule has 0 aliphatic heterocycles. The molecule has 0 radical (unpaired) electrons. The molecule has 7 unspecified atom stereocenters. The lowest BCUT2D eigenvalue weighted by Gasteiger charge is -2.58. The maximum atomic E-state index is 12.8. The highest BCUT2D eigenvalue weighted by molar-refractivity contribution is 8.76. The van der Waals surface area contributed by atoms with Crippen LogP contribution in [-0.2, 0) is 9.53 Å². The Morgan fingerprint density at radius 1 is 0.936 bits per heavy atom. The molecule has 270 valence electrons. The first-order chi connectivity index (χ1) is 22.7. The second-order valence-corrected chi connectivity index (χ2v) is 19.2. The molecule has 0 aromatic carbocycles. The highest BCUT2D eigenvalue weighted by atomic mass is 33.1. The predicted molar refractivity (Wildman–Crippen MR) is 206 cm³/mol. The largest absolute Gasteiger partial charge is 0.461 e. The number of nitrogens with one attached hydrogen (secondary N) is 1. The van der Waals surface area contributed by atoms with Gasteiger partial charge in [-0.1, -0.05) is 125 Å². The average molecular weight is 689 g/mol. The molecule has 3 fully saturated rings. The average Bonchev–Trinajstić information content (AvgIpc) is 3.38. The predicted octanol–water partition coefficient (Wildman–Crippen LogP) is 11.3. The summed E-state index contributed by atoms with van der Waals surface area (Å²) in [4.78, 5) is 12.8. The van der Waals surface area contributed by atoms with Crippen molar-refractivity contribution in [1.82, 2.24) is 5.32 Å². The van der Waals surface area contributed by atoms with Crippen LogP contribution in [0.25, 0.3) is 0 Å². The number of fused-ring (bicyclic) bond motifs is 5. The van der Waals surface area contributed by atoms with Gasteiger partial charge < -0.3 is 15.8 Å². The molecule has 3 N–H and O–H groups in total. The third-order valence-corrected chi connectivity index (χ3v) is 15.3. The smallest absolute Gasteiger partial charge is 0.317 e. The molecule has 4 rings (SSSR count). The number of carbonyl (C=O) groups excluding carboxylic acids is 1. The lowest BCUT2D eigenvalue weighted by Crippen LogP contribution is -2.50. The number of allylic oxidation sites excluding steroid dienone is 1. The second kappa shape index (κ2) is 19.7. The standard InChI is InChI=1S/C41H72N2O2S2/c1-31(2)16-12-13-17-33-19-21-37-36-20-18-34-28-35(22-24-41(34,5)38(36)23-25-40(33,37)4)45-39(44)30-47-46-29-32(3)43-27-15-11-9-7-6-8-10-14-26-42/h18,31,33,35-38,43H,3,6-17,19-30,42H2,1-2,4-5H3. The van der Waals surface area contributed by atoms with E-state index in [0.29, 0.717) is 16.6 Å². The van der Waals surface area contributed by atoms with Gasteiger partial charge in [-0.15, -0.1) is 0 Å². The van der Waals surface area contributed by atoms with E-state index in [1.165, 1.54) is 116 Å². The number of unbranched alkanes of at least 4 members (excludes halogenated alkanes) is 8. The number of esters is 1. The van der Waals surface area contributed by atoms with E-state index in [2.05, 4.69) is 45.7 Å². The van der Waals surface area contributed by atoms with Gasteiger partial charge in [0.2, 0.25) is 0 Å². The van der Waals surface area contributed by atoms with Gasteiger partial charge in [0.25, 0.3) is 0 Å². The van der Waals surface area contributed by atoms with E-state index in [9.17, 15) is 4.79 Å². The normalized spacial score (nSPS) is 31.5. The van der Waals surface area contributed by atoms with Crippen molar-refractivity contribution in [2.45, 2.75) is 162 Å². The van der Waals surface area contributed by atoms with Crippen molar-refractivity contribution in [2.75, 3.05) is 24.6 Å². The van der Waals surface area contributed by atoms with E-state index < -0.39 is 0 Å². The summed E-state index contributed by atoms with van der Waals surface area (Å²) in [5.41, 5.74) is 9.11. The Morgan fingerprint density at radius 2 is 1.66 bits per heavy atom. The Hall–Kier alpha value is -0.590. The lowest BCUT2D eigenvalue weighted by atomic mass is 9.47.